The number of carbonyl (C=O) groups excluding carboxylic acids is 3. The van der Waals surface area contributed by atoms with Gasteiger partial charge in [-0.3, -0.25) is 9.59 Å². The molecule has 0 fully saturated rings. The number of nitrogens with one attached hydrogen (secondary N) is 3. The third-order valence-electron chi connectivity index (χ3n) is 6.11. The molecule has 0 aliphatic carbocycles. The number of nitrogens with zero attached hydrogens (tertiary/aromatic N) is 1. The van der Waals surface area contributed by atoms with E-state index in [0.29, 0.717) is 17.0 Å². The van der Waals surface area contributed by atoms with E-state index < -0.39 is 53.9 Å². The van der Waals surface area contributed by atoms with Gasteiger partial charge in [-0.2, -0.15) is 4.31 Å². The second-order valence-electron chi connectivity index (χ2n) is 12.0. The fourth-order valence-corrected chi connectivity index (χ4v) is 6.04. The van der Waals surface area contributed by atoms with E-state index in [-0.39, 0.29) is 17.9 Å². The number of sulfonamides is 1. The molecule has 3 rings (SSSR count). The molecule has 230 valence electrons. The molecule has 14 heteroatoms. The van der Waals surface area contributed by atoms with Gasteiger partial charge in [0.25, 0.3) is 5.91 Å². The molecule has 3 amide bonds. The Kier molecular flexibility index (Phi) is 10.1. The summed E-state index contributed by atoms with van der Waals surface area (Å²) < 4.78 is 44.7. The zero-order chi connectivity index (χ0) is 31.5. The van der Waals surface area contributed by atoms with Gasteiger partial charge >= 0.3 is 6.09 Å². The van der Waals surface area contributed by atoms with Crippen LogP contribution in [0.25, 0.3) is 0 Å². The first-order valence-electron chi connectivity index (χ1n) is 13.5. The summed E-state index contributed by atoms with van der Waals surface area (Å²) in [5, 5.41) is 5.23. The van der Waals surface area contributed by atoms with Crippen molar-refractivity contribution in [2.24, 2.45) is 0 Å². The smallest absolute Gasteiger partial charge is 0.408 e. The summed E-state index contributed by atoms with van der Waals surface area (Å²) in [6.07, 6.45) is -0.631. The van der Waals surface area contributed by atoms with Gasteiger partial charge in [-0.25, -0.2) is 18.7 Å². The van der Waals surface area contributed by atoms with E-state index >= 15 is 0 Å². The summed E-state index contributed by atoms with van der Waals surface area (Å²) in [4.78, 5) is 38.1. The number of ether oxygens (including phenoxy) is 2. The van der Waals surface area contributed by atoms with Crippen LogP contribution >= 0.6 is 0 Å². The summed E-state index contributed by atoms with van der Waals surface area (Å²) in [5.41, 5.74) is 3.53. The van der Waals surface area contributed by atoms with Gasteiger partial charge in [0.1, 0.15) is 23.4 Å². The van der Waals surface area contributed by atoms with Gasteiger partial charge in [0.05, 0.1) is 12.0 Å². The first-order valence-corrected chi connectivity index (χ1v) is 18.3. The lowest BCUT2D eigenvalue weighted by molar-refractivity contribution is -0.132. The molecule has 42 heavy (non-hydrogen) atoms. The number of benzene rings is 2. The number of fused-ring (bicyclic) bond motifs is 1. The Morgan fingerprint density at radius 2 is 1.67 bits per heavy atom. The number of hydrogen-bond acceptors (Lipinski definition) is 8. The largest absolute Gasteiger partial charge is 0.497 e. The average molecular weight is 621 g/mol. The summed E-state index contributed by atoms with van der Waals surface area (Å²) in [6.45, 7) is 12.2. The predicted octanol–water partition coefficient (Wildman–Crippen LogP) is 3.55. The predicted molar refractivity (Wildman–Crippen MR) is 160 cm³/mol. The topological polar surface area (TPSA) is 152 Å². The monoisotopic (exact) mass is 620 g/mol. The Balaban J connectivity index is 1.87. The van der Waals surface area contributed by atoms with Crippen LogP contribution in [-0.2, 0) is 41.8 Å². The van der Waals surface area contributed by atoms with Crippen molar-refractivity contribution in [1.29, 1.82) is 0 Å². The molecule has 0 saturated heterocycles. The van der Waals surface area contributed by atoms with Crippen LogP contribution in [0.4, 0.5) is 10.5 Å². The van der Waals surface area contributed by atoms with Crippen molar-refractivity contribution in [3.63, 3.8) is 0 Å². The number of rotatable bonds is 9. The van der Waals surface area contributed by atoms with Crippen LogP contribution in [0.1, 0.15) is 38.8 Å². The maximum absolute atomic E-state index is 13.8. The highest BCUT2D eigenvalue weighted by atomic mass is 32.2. The first-order chi connectivity index (χ1) is 19.4. The maximum atomic E-state index is 13.8. The van der Waals surface area contributed by atoms with Crippen LogP contribution in [0, 0.1) is 0 Å². The summed E-state index contributed by atoms with van der Waals surface area (Å²) >= 11 is 0. The SMILES string of the molecule is COc1ccc(S(=O)(=O)N2Cc3cc(NC(=O)[C@H](C)NC(=O)OC(C)(C)C)ccc3C[C@@H]2C(=O)NO[Si](C)(C)C)cc1. The van der Waals surface area contributed by atoms with Crippen LogP contribution < -0.4 is 20.9 Å². The normalized spacial score (nSPS) is 16.5. The number of hydrogen-bond donors (Lipinski definition) is 3. The first kappa shape index (κ1) is 33.0. The Morgan fingerprint density at radius 3 is 2.24 bits per heavy atom. The van der Waals surface area contributed by atoms with E-state index in [0.717, 1.165) is 9.87 Å². The van der Waals surface area contributed by atoms with Crippen molar-refractivity contribution in [3.8, 4) is 5.75 Å². The molecule has 0 saturated carbocycles. The molecule has 1 aliphatic rings. The second kappa shape index (κ2) is 12.8. The van der Waals surface area contributed by atoms with E-state index in [1.54, 1.807) is 39.0 Å². The fourth-order valence-electron chi connectivity index (χ4n) is 4.07. The third-order valence-corrected chi connectivity index (χ3v) is 8.70. The number of hydroxylamine groups is 1. The highest BCUT2D eigenvalue weighted by Gasteiger charge is 2.40. The van der Waals surface area contributed by atoms with Crippen LogP contribution in [0.15, 0.2) is 47.4 Å². The molecule has 2 aromatic rings. The van der Waals surface area contributed by atoms with Gasteiger partial charge in [-0.05, 0) is 101 Å². The van der Waals surface area contributed by atoms with Gasteiger partial charge < -0.3 is 24.6 Å². The Morgan fingerprint density at radius 1 is 1.02 bits per heavy atom. The van der Waals surface area contributed by atoms with E-state index in [9.17, 15) is 22.8 Å². The van der Waals surface area contributed by atoms with Crippen molar-refractivity contribution in [2.75, 3.05) is 12.4 Å². The standard InChI is InChI=1S/C28H40N4O8SSi/c1-18(29-27(35)39-28(2,3)4)25(33)30-21-10-9-19-16-24(26(34)31-40-42(6,7)8)32(17-20(19)15-21)41(36,37)23-13-11-22(38-5)12-14-23/h9-15,18,24H,16-17H2,1-8H3,(H,29,35)(H,30,33)(H,31,34)/t18-,24+/m0/s1. The molecular weight excluding hydrogens is 580 g/mol. The van der Waals surface area contributed by atoms with Crippen LogP contribution in [0.3, 0.4) is 0 Å². The Hall–Kier alpha value is -3.46. The number of anilines is 1. The fraction of sp³-hybridized carbons (Fsp3) is 0.464. The number of alkyl carbamates (subject to hydrolysis) is 1. The van der Waals surface area contributed by atoms with E-state index in [1.165, 1.54) is 38.3 Å². The van der Waals surface area contributed by atoms with Gasteiger partial charge in [0.15, 0.2) is 0 Å². The third kappa shape index (κ3) is 8.77. The average Bonchev–Trinajstić information content (AvgIpc) is 2.89. The van der Waals surface area contributed by atoms with E-state index in [4.69, 9.17) is 14.0 Å². The molecular formula is C28H40N4O8SSi. The molecule has 2 atom stereocenters. The van der Waals surface area contributed by atoms with Crippen LogP contribution in [-0.4, -0.2) is 63.7 Å². The lowest BCUT2D eigenvalue weighted by Crippen LogP contribution is -2.53. The van der Waals surface area contributed by atoms with Crippen LogP contribution in [0.2, 0.25) is 19.6 Å². The van der Waals surface area contributed by atoms with Crippen LogP contribution in [0.5, 0.6) is 5.75 Å². The molecule has 0 bridgehead atoms. The lowest BCUT2D eigenvalue weighted by Gasteiger charge is -2.35. The molecule has 0 radical (unpaired) electrons. The molecule has 1 aliphatic heterocycles. The van der Waals surface area contributed by atoms with Gasteiger partial charge in [-0.15, -0.1) is 0 Å². The minimum absolute atomic E-state index is 0.00200. The zero-order valence-corrected chi connectivity index (χ0v) is 27.0. The van der Waals surface area contributed by atoms with Crippen molar-refractivity contribution in [1.82, 2.24) is 15.1 Å². The second-order valence-corrected chi connectivity index (χ2v) is 18.3. The molecule has 0 aromatic heterocycles. The molecule has 12 nitrogen and oxygen atoms in total. The minimum atomic E-state index is -4.13. The molecule has 3 N–H and O–H groups in total. The summed E-state index contributed by atoms with van der Waals surface area (Å²) in [7, 11) is -4.79. The number of carbonyl (C=O) groups is 3. The number of amides is 3. The Bertz CT molecular complexity index is 1420. The molecule has 0 spiro atoms. The maximum Gasteiger partial charge on any atom is 0.408 e. The zero-order valence-electron chi connectivity index (χ0n) is 25.2. The lowest BCUT2D eigenvalue weighted by atomic mass is 9.95. The quantitative estimate of drug-likeness (QED) is 0.284. The highest BCUT2D eigenvalue weighted by Crippen LogP contribution is 2.31. The number of methoxy groups -OCH3 is 1. The van der Waals surface area contributed by atoms with Gasteiger partial charge in [-0.1, -0.05) is 6.07 Å². The van der Waals surface area contributed by atoms with E-state index in [1.807, 2.05) is 19.6 Å². The minimum Gasteiger partial charge on any atom is -0.497 e. The van der Waals surface area contributed by atoms with Crippen molar-refractivity contribution < 1.29 is 36.8 Å². The molecule has 2 aromatic carbocycles. The van der Waals surface area contributed by atoms with Crippen molar-refractivity contribution in [3.05, 3.63) is 53.6 Å². The van der Waals surface area contributed by atoms with E-state index in [2.05, 4.69) is 16.1 Å². The molecule has 0 unspecified atom stereocenters. The summed E-state index contributed by atoms with van der Waals surface area (Å²) in [5.74, 6) is -0.564. The highest BCUT2D eigenvalue weighted by molar-refractivity contribution is 7.89. The Labute approximate surface area is 248 Å². The molecule has 1 heterocycles. The van der Waals surface area contributed by atoms with Crippen molar-refractivity contribution >= 4 is 41.9 Å². The van der Waals surface area contributed by atoms with Gasteiger partial charge in [0, 0.05) is 12.2 Å². The van der Waals surface area contributed by atoms with Gasteiger partial charge in [0.2, 0.25) is 24.2 Å². The van der Waals surface area contributed by atoms with Crippen molar-refractivity contribution in [2.45, 2.75) is 82.9 Å². The summed E-state index contributed by atoms with van der Waals surface area (Å²) in [6, 6.07) is 9.02.